The first-order valence-corrected chi connectivity index (χ1v) is 10.2. The van der Waals surface area contributed by atoms with Crippen LogP contribution >= 0.6 is 0 Å². The number of carbonyl (C=O) groups excluding carboxylic acids is 3. The highest BCUT2D eigenvalue weighted by molar-refractivity contribution is 6.12. The van der Waals surface area contributed by atoms with E-state index in [9.17, 15) is 27.6 Å². The lowest BCUT2D eigenvalue weighted by atomic mass is 9.69. The Morgan fingerprint density at radius 3 is 2.34 bits per heavy atom. The summed E-state index contributed by atoms with van der Waals surface area (Å²) in [5.41, 5.74) is 0.755. The van der Waals surface area contributed by atoms with Crippen molar-refractivity contribution in [2.75, 3.05) is 13.7 Å². The molecule has 6 nitrogen and oxygen atoms in total. The summed E-state index contributed by atoms with van der Waals surface area (Å²) in [4.78, 5) is 38.6. The number of methoxy groups -OCH3 is 1. The lowest BCUT2D eigenvalue weighted by Crippen LogP contribution is -2.43. The summed E-state index contributed by atoms with van der Waals surface area (Å²) in [7, 11) is 1.19. The molecule has 3 rings (SSSR count). The predicted molar refractivity (Wildman–Crippen MR) is 108 cm³/mol. The molecular weight excluding hydrogens is 427 g/mol. The van der Waals surface area contributed by atoms with Gasteiger partial charge in [0, 0.05) is 22.9 Å². The van der Waals surface area contributed by atoms with Crippen LogP contribution in [0.2, 0.25) is 0 Å². The number of hydrogen-bond acceptors (Lipinski definition) is 6. The van der Waals surface area contributed by atoms with Crippen LogP contribution in [0.4, 0.5) is 13.2 Å². The Morgan fingerprint density at radius 1 is 1.19 bits per heavy atom. The molecule has 0 radical (unpaired) electrons. The van der Waals surface area contributed by atoms with Gasteiger partial charge in [-0.3, -0.25) is 9.59 Å². The summed E-state index contributed by atoms with van der Waals surface area (Å²) in [5.74, 6) is -4.29. The molecule has 0 bridgehead atoms. The van der Waals surface area contributed by atoms with Crippen molar-refractivity contribution in [2.24, 2.45) is 11.8 Å². The van der Waals surface area contributed by atoms with Crippen LogP contribution in [0.15, 0.2) is 46.8 Å². The molecule has 1 aromatic rings. The molecule has 1 aliphatic carbocycles. The number of allylic oxidation sites excluding steroid dienone is 3. The van der Waals surface area contributed by atoms with E-state index in [1.807, 2.05) is 0 Å². The molecule has 3 atom stereocenters. The van der Waals surface area contributed by atoms with Gasteiger partial charge >= 0.3 is 18.1 Å². The maximum absolute atomic E-state index is 13.5. The van der Waals surface area contributed by atoms with Crippen molar-refractivity contribution >= 4 is 17.7 Å². The van der Waals surface area contributed by atoms with Crippen LogP contribution in [-0.2, 0) is 30.0 Å². The summed E-state index contributed by atoms with van der Waals surface area (Å²) >= 11 is 0. The largest absolute Gasteiger partial charge is 0.468 e. The van der Waals surface area contributed by atoms with Gasteiger partial charge in [0.1, 0.15) is 5.92 Å². The summed E-state index contributed by atoms with van der Waals surface area (Å²) in [5, 5.41) is 3.09. The fourth-order valence-electron chi connectivity index (χ4n) is 4.36. The first-order valence-electron chi connectivity index (χ1n) is 10.2. The molecular formula is C23H24F3NO5. The molecule has 0 spiro atoms. The standard InChI is InChI=1S/C23H24F3NO5/c1-5-32-22(30)17-12(3)27-15-10-11(2)16(21(29)31-4)20(28)19(15)18(17)13-6-8-14(9-7-13)23(24,25)26/h6-9,11,16,18,27H,5,10H2,1-4H3/t11-,16+,18-/m1/s1. The van der Waals surface area contributed by atoms with Gasteiger partial charge in [-0.1, -0.05) is 19.1 Å². The molecule has 9 heteroatoms. The second-order valence-corrected chi connectivity index (χ2v) is 7.88. The number of dihydropyridines is 1. The Labute approximate surface area is 183 Å². The molecule has 0 saturated heterocycles. The van der Waals surface area contributed by atoms with Crippen molar-refractivity contribution in [1.82, 2.24) is 5.32 Å². The third-order valence-corrected chi connectivity index (χ3v) is 5.81. The van der Waals surface area contributed by atoms with E-state index in [0.717, 1.165) is 12.1 Å². The number of carbonyl (C=O) groups is 3. The van der Waals surface area contributed by atoms with Crippen molar-refractivity contribution in [3.63, 3.8) is 0 Å². The lowest BCUT2D eigenvalue weighted by Gasteiger charge is -2.38. The van der Waals surface area contributed by atoms with Crippen LogP contribution in [0.1, 0.15) is 44.2 Å². The van der Waals surface area contributed by atoms with E-state index < -0.39 is 41.3 Å². The minimum Gasteiger partial charge on any atom is -0.468 e. The molecule has 2 aliphatic rings. The van der Waals surface area contributed by atoms with E-state index in [1.165, 1.54) is 19.2 Å². The minimum absolute atomic E-state index is 0.0804. The van der Waals surface area contributed by atoms with E-state index in [-0.39, 0.29) is 23.7 Å². The molecule has 0 unspecified atom stereocenters. The van der Waals surface area contributed by atoms with Crippen molar-refractivity contribution in [2.45, 2.75) is 39.3 Å². The van der Waals surface area contributed by atoms with Gasteiger partial charge in [-0.15, -0.1) is 0 Å². The van der Waals surface area contributed by atoms with Crippen LogP contribution in [0.25, 0.3) is 0 Å². The number of ether oxygens (including phenoxy) is 2. The molecule has 1 aromatic carbocycles. The van der Waals surface area contributed by atoms with Crippen molar-refractivity contribution in [3.05, 3.63) is 57.9 Å². The van der Waals surface area contributed by atoms with Gasteiger partial charge in [0.25, 0.3) is 0 Å². The third-order valence-electron chi connectivity index (χ3n) is 5.81. The Hall–Kier alpha value is -3.10. The number of hydrogen-bond donors (Lipinski definition) is 1. The Morgan fingerprint density at radius 2 is 1.81 bits per heavy atom. The van der Waals surface area contributed by atoms with E-state index in [0.29, 0.717) is 23.4 Å². The number of nitrogens with one attached hydrogen (secondary N) is 1. The zero-order valence-corrected chi connectivity index (χ0v) is 18.1. The van der Waals surface area contributed by atoms with Crippen LogP contribution < -0.4 is 5.32 Å². The van der Waals surface area contributed by atoms with E-state index in [4.69, 9.17) is 9.47 Å². The van der Waals surface area contributed by atoms with Crippen LogP contribution in [-0.4, -0.2) is 31.4 Å². The molecule has 0 aromatic heterocycles. The van der Waals surface area contributed by atoms with Gasteiger partial charge in [0.2, 0.25) is 0 Å². The lowest BCUT2D eigenvalue weighted by molar-refractivity contribution is -0.151. The molecule has 1 aliphatic heterocycles. The Balaban J connectivity index is 2.18. The number of Topliss-reactive ketones (excluding diaryl/α,β-unsaturated/α-hetero) is 1. The maximum atomic E-state index is 13.5. The van der Waals surface area contributed by atoms with Gasteiger partial charge in [-0.25, -0.2) is 4.79 Å². The van der Waals surface area contributed by atoms with E-state index in [1.54, 1.807) is 20.8 Å². The molecule has 0 amide bonds. The second kappa shape index (κ2) is 8.80. The topological polar surface area (TPSA) is 81.7 Å². The fraction of sp³-hybridized carbons (Fsp3) is 0.435. The minimum atomic E-state index is -4.53. The van der Waals surface area contributed by atoms with Gasteiger partial charge in [0.15, 0.2) is 5.78 Å². The summed E-state index contributed by atoms with van der Waals surface area (Å²) in [6.07, 6.45) is -4.19. The fourth-order valence-corrected chi connectivity index (χ4v) is 4.36. The summed E-state index contributed by atoms with van der Waals surface area (Å²) < 4.78 is 49.2. The maximum Gasteiger partial charge on any atom is 0.416 e. The number of halogens is 3. The van der Waals surface area contributed by atoms with Crippen molar-refractivity contribution in [3.8, 4) is 0 Å². The summed E-state index contributed by atoms with van der Waals surface area (Å²) in [6.45, 7) is 5.10. The Kier molecular flexibility index (Phi) is 6.48. The zero-order valence-electron chi connectivity index (χ0n) is 18.1. The zero-order chi connectivity index (χ0) is 23.8. The first-order chi connectivity index (χ1) is 15.0. The number of benzene rings is 1. The average molecular weight is 451 g/mol. The number of alkyl halides is 3. The first kappa shape index (κ1) is 23.6. The van der Waals surface area contributed by atoms with Crippen LogP contribution in [0, 0.1) is 11.8 Å². The van der Waals surface area contributed by atoms with Gasteiger partial charge < -0.3 is 14.8 Å². The highest BCUT2D eigenvalue weighted by atomic mass is 19.4. The van der Waals surface area contributed by atoms with E-state index >= 15 is 0 Å². The van der Waals surface area contributed by atoms with Gasteiger partial charge in [-0.2, -0.15) is 13.2 Å². The van der Waals surface area contributed by atoms with Gasteiger partial charge in [-0.05, 0) is 43.9 Å². The molecule has 0 fully saturated rings. The van der Waals surface area contributed by atoms with Gasteiger partial charge in [0.05, 0.1) is 24.9 Å². The third kappa shape index (κ3) is 4.16. The molecule has 32 heavy (non-hydrogen) atoms. The average Bonchev–Trinajstić information content (AvgIpc) is 2.72. The smallest absolute Gasteiger partial charge is 0.416 e. The normalized spacial score (nSPS) is 23.5. The highest BCUT2D eigenvalue weighted by Gasteiger charge is 2.47. The van der Waals surface area contributed by atoms with Crippen molar-refractivity contribution < 1.29 is 37.0 Å². The molecule has 0 saturated carbocycles. The SMILES string of the molecule is CCOC(=O)C1=C(C)NC2=C(C(=O)[C@@H](C(=O)OC)[C@H](C)C2)[C@@H]1c1ccc(C(F)(F)F)cc1. The molecule has 1 heterocycles. The predicted octanol–water partition coefficient (Wildman–Crippen LogP) is 3.88. The quantitative estimate of drug-likeness (QED) is 0.553. The van der Waals surface area contributed by atoms with Crippen LogP contribution in [0.5, 0.6) is 0 Å². The Bertz CT molecular complexity index is 1010. The summed E-state index contributed by atoms with van der Waals surface area (Å²) in [6, 6.07) is 4.30. The number of rotatable bonds is 4. The second-order valence-electron chi connectivity index (χ2n) is 7.88. The van der Waals surface area contributed by atoms with Crippen molar-refractivity contribution in [1.29, 1.82) is 0 Å². The molecule has 1 N–H and O–H groups in total. The monoisotopic (exact) mass is 451 g/mol. The molecule has 172 valence electrons. The number of ketones is 1. The highest BCUT2D eigenvalue weighted by Crippen LogP contribution is 2.45. The van der Waals surface area contributed by atoms with E-state index in [2.05, 4.69) is 5.32 Å². The number of esters is 2. The van der Waals surface area contributed by atoms with Crippen LogP contribution in [0.3, 0.4) is 0 Å².